The maximum atomic E-state index is 5.39. The molecule has 0 unspecified atom stereocenters. The van der Waals surface area contributed by atoms with E-state index in [1.54, 1.807) is 7.11 Å². The number of nitrogens with zero attached hydrogens (tertiary/aromatic N) is 2. The molecule has 0 radical (unpaired) electrons. The van der Waals surface area contributed by atoms with Crippen molar-refractivity contribution in [2.45, 2.75) is 33.9 Å². The van der Waals surface area contributed by atoms with Crippen LogP contribution in [0.3, 0.4) is 0 Å². The van der Waals surface area contributed by atoms with Crippen LogP contribution in [0.5, 0.6) is 5.75 Å². The van der Waals surface area contributed by atoms with Crippen molar-refractivity contribution < 1.29 is 9.26 Å². The van der Waals surface area contributed by atoms with Gasteiger partial charge in [-0.15, -0.1) is 0 Å². The highest BCUT2D eigenvalue weighted by Gasteiger charge is 2.09. The van der Waals surface area contributed by atoms with Gasteiger partial charge in [0.15, 0.2) is 0 Å². The lowest BCUT2D eigenvalue weighted by Gasteiger charge is -2.12. The van der Waals surface area contributed by atoms with Gasteiger partial charge in [-0.3, -0.25) is 4.98 Å². The van der Waals surface area contributed by atoms with E-state index in [0.29, 0.717) is 13.1 Å². The Morgan fingerprint density at radius 3 is 2.68 bits per heavy atom. The van der Waals surface area contributed by atoms with Crippen molar-refractivity contribution in [3.63, 3.8) is 0 Å². The molecule has 0 aromatic carbocycles. The van der Waals surface area contributed by atoms with E-state index < -0.39 is 0 Å². The molecule has 2 heterocycles. The van der Waals surface area contributed by atoms with E-state index >= 15 is 0 Å². The lowest BCUT2D eigenvalue weighted by atomic mass is 10.1. The zero-order valence-corrected chi connectivity index (χ0v) is 11.8. The molecular formula is C14H19N3O2. The molecular weight excluding hydrogens is 242 g/mol. The first kappa shape index (κ1) is 13.5. The highest BCUT2D eigenvalue weighted by molar-refractivity contribution is 5.40. The Morgan fingerprint density at radius 2 is 2.05 bits per heavy atom. The fraction of sp³-hybridized carbons (Fsp3) is 0.429. The number of aryl methyl sites for hydroxylation is 2. The molecule has 1 N–H and O–H groups in total. The molecule has 0 atom stereocenters. The Bertz CT molecular complexity index is 564. The van der Waals surface area contributed by atoms with E-state index in [1.165, 1.54) is 0 Å². The van der Waals surface area contributed by atoms with Gasteiger partial charge < -0.3 is 14.6 Å². The zero-order valence-electron chi connectivity index (χ0n) is 11.8. The molecule has 19 heavy (non-hydrogen) atoms. The molecule has 0 aliphatic heterocycles. The van der Waals surface area contributed by atoms with E-state index in [0.717, 1.165) is 34.0 Å². The summed E-state index contributed by atoms with van der Waals surface area (Å²) in [5, 5.41) is 7.24. The molecule has 5 heteroatoms. The molecule has 2 aromatic rings. The first-order chi connectivity index (χ1) is 9.11. The summed E-state index contributed by atoms with van der Waals surface area (Å²) < 4.78 is 10.4. The third kappa shape index (κ3) is 3.12. The maximum absolute atomic E-state index is 5.39. The number of methoxy groups -OCH3 is 1. The normalized spacial score (nSPS) is 10.7. The SMILES string of the molecule is COc1c(C)cnc(CNCc2cc(C)on2)c1C. The summed E-state index contributed by atoms with van der Waals surface area (Å²) in [5.41, 5.74) is 4.01. The molecule has 0 aliphatic carbocycles. The van der Waals surface area contributed by atoms with Gasteiger partial charge in [-0.05, 0) is 20.8 Å². The summed E-state index contributed by atoms with van der Waals surface area (Å²) in [6.07, 6.45) is 1.84. The third-order valence-electron chi connectivity index (χ3n) is 3.03. The van der Waals surface area contributed by atoms with Crippen LogP contribution in [0.4, 0.5) is 0 Å². The lowest BCUT2D eigenvalue weighted by molar-refractivity contribution is 0.388. The Labute approximate surface area is 113 Å². The number of aromatic nitrogens is 2. The van der Waals surface area contributed by atoms with Crippen LogP contribution in [0.1, 0.15) is 28.3 Å². The molecule has 0 saturated heterocycles. The quantitative estimate of drug-likeness (QED) is 0.894. The van der Waals surface area contributed by atoms with Crippen molar-refractivity contribution in [2.75, 3.05) is 7.11 Å². The molecule has 0 fully saturated rings. The summed E-state index contributed by atoms with van der Waals surface area (Å²) in [5.74, 6) is 1.73. The summed E-state index contributed by atoms with van der Waals surface area (Å²) >= 11 is 0. The van der Waals surface area contributed by atoms with Crippen molar-refractivity contribution >= 4 is 0 Å². The minimum Gasteiger partial charge on any atom is -0.496 e. The van der Waals surface area contributed by atoms with Gasteiger partial charge in [0.1, 0.15) is 11.5 Å². The van der Waals surface area contributed by atoms with Gasteiger partial charge in [0.2, 0.25) is 0 Å². The number of nitrogens with one attached hydrogen (secondary N) is 1. The van der Waals surface area contributed by atoms with Crippen LogP contribution in [-0.4, -0.2) is 17.3 Å². The van der Waals surface area contributed by atoms with Crippen LogP contribution in [0.25, 0.3) is 0 Å². The second kappa shape index (κ2) is 5.84. The fourth-order valence-electron chi connectivity index (χ4n) is 2.06. The van der Waals surface area contributed by atoms with Crippen molar-refractivity contribution in [1.29, 1.82) is 0 Å². The van der Waals surface area contributed by atoms with Crippen LogP contribution in [-0.2, 0) is 13.1 Å². The summed E-state index contributed by atoms with van der Waals surface area (Å²) in [6, 6.07) is 1.92. The van der Waals surface area contributed by atoms with Gasteiger partial charge in [-0.2, -0.15) is 0 Å². The van der Waals surface area contributed by atoms with Crippen LogP contribution >= 0.6 is 0 Å². The standard InChI is InChI=1S/C14H19N3O2/c1-9-6-16-13(11(3)14(9)18-4)8-15-7-12-5-10(2)19-17-12/h5-6,15H,7-8H2,1-4H3. The number of hydrogen-bond acceptors (Lipinski definition) is 5. The van der Waals surface area contributed by atoms with Crippen LogP contribution < -0.4 is 10.1 Å². The summed E-state index contributed by atoms with van der Waals surface area (Å²) in [6.45, 7) is 7.24. The largest absolute Gasteiger partial charge is 0.496 e. The van der Waals surface area contributed by atoms with Gasteiger partial charge in [-0.25, -0.2) is 0 Å². The van der Waals surface area contributed by atoms with E-state index in [9.17, 15) is 0 Å². The molecule has 0 aliphatic rings. The van der Waals surface area contributed by atoms with E-state index in [1.807, 2.05) is 33.0 Å². The van der Waals surface area contributed by atoms with Gasteiger partial charge >= 0.3 is 0 Å². The van der Waals surface area contributed by atoms with Gasteiger partial charge in [-0.1, -0.05) is 5.16 Å². The Hall–Kier alpha value is -1.88. The maximum Gasteiger partial charge on any atom is 0.133 e. The van der Waals surface area contributed by atoms with Crippen molar-refractivity contribution in [1.82, 2.24) is 15.5 Å². The Balaban J connectivity index is 2.00. The van der Waals surface area contributed by atoms with Crippen LogP contribution in [0, 0.1) is 20.8 Å². The summed E-state index contributed by atoms with van der Waals surface area (Å²) in [4.78, 5) is 4.44. The van der Waals surface area contributed by atoms with Gasteiger partial charge in [0.05, 0.1) is 18.5 Å². The van der Waals surface area contributed by atoms with Crippen molar-refractivity contribution in [3.05, 3.63) is 40.5 Å². The predicted molar refractivity (Wildman–Crippen MR) is 72.0 cm³/mol. The van der Waals surface area contributed by atoms with E-state index in [-0.39, 0.29) is 0 Å². The van der Waals surface area contributed by atoms with E-state index in [2.05, 4.69) is 15.5 Å². The molecule has 0 saturated carbocycles. The van der Waals surface area contributed by atoms with Gasteiger partial charge in [0.25, 0.3) is 0 Å². The van der Waals surface area contributed by atoms with E-state index in [4.69, 9.17) is 9.26 Å². The molecule has 5 nitrogen and oxygen atoms in total. The average molecular weight is 261 g/mol. The minimum atomic E-state index is 0.661. The van der Waals surface area contributed by atoms with Crippen LogP contribution in [0.15, 0.2) is 16.8 Å². The molecule has 2 rings (SSSR count). The summed E-state index contributed by atoms with van der Waals surface area (Å²) in [7, 11) is 1.69. The number of ether oxygens (including phenoxy) is 1. The van der Waals surface area contributed by atoms with Crippen molar-refractivity contribution in [3.8, 4) is 5.75 Å². The number of pyridine rings is 1. The second-order valence-electron chi connectivity index (χ2n) is 4.58. The molecule has 0 amide bonds. The fourth-order valence-corrected chi connectivity index (χ4v) is 2.06. The predicted octanol–water partition coefficient (Wildman–Crippen LogP) is 2.29. The van der Waals surface area contributed by atoms with Crippen molar-refractivity contribution in [2.24, 2.45) is 0 Å². The minimum absolute atomic E-state index is 0.661. The monoisotopic (exact) mass is 261 g/mol. The smallest absolute Gasteiger partial charge is 0.133 e. The Kier molecular flexibility index (Phi) is 4.16. The molecule has 0 spiro atoms. The molecule has 0 bridgehead atoms. The second-order valence-corrected chi connectivity index (χ2v) is 4.58. The first-order valence-electron chi connectivity index (χ1n) is 6.23. The van der Waals surface area contributed by atoms with Crippen LogP contribution in [0.2, 0.25) is 0 Å². The average Bonchev–Trinajstić information content (AvgIpc) is 2.79. The number of rotatable bonds is 5. The topological polar surface area (TPSA) is 60.2 Å². The highest BCUT2D eigenvalue weighted by atomic mass is 16.5. The number of hydrogen-bond donors (Lipinski definition) is 1. The third-order valence-corrected chi connectivity index (χ3v) is 3.03. The highest BCUT2D eigenvalue weighted by Crippen LogP contribution is 2.23. The Morgan fingerprint density at radius 1 is 1.26 bits per heavy atom. The first-order valence-corrected chi connectivity index (χ1v) is 6.23. The van der Waals surface area contributed by atoms with Gasteiger partial charge in [0, 0.05) is 36.5 Å². The lowest BCUT2D eigenvalue weighted by Crippen LogP contribution is -2.15. The molecule has 102 valence electrons. The molecule has 2 aromatic heterocycles. The zero-order chi connectivity index (χ0) is 13.8.